The highest BCUT2D eigenvalue weighted by Crippen LogP contribution is 2.41. The zero-order valence-corrected chi connectivity index (χ0v) is 18.1. The molecule has 0 saturated heterocycles. The summed E-state index contributed by atoms with van der Waals surface area (Å²) in [6, 6.07) is 40.0. The van der Waals surface area contributed by atoms with Crippen LogP contribution in [0.5, 0.6) is 0 Å². The molecule has 33 heavy (non-hydrogen) atoms. The quantitative estimate of drug-likeness (QED) is 0.264. The first kappa shape index (κ1) is 20.7. The predicted molar refractivity (Wildman–Crippen MR) is 132 cm³/mol. The van der Waals surface area contributed by atoms with Crippen LogP contribution in [0, 0.1) is 6.08 Å². The van der Waals surface area contributed by atoms with Gasteiger partial charge in [0.15, 0.2) is 0 Å². The average Bonchev–Trinajstić information content (AvgIpc) is 3.26. The Labute approximate surface area is 193 Å². The van der Waals surface area contributed by atoms with Gasteiger partial charge in [-0.1, -0.05) is 127 Å². The van der Waals surface area contributed by atoms with E-state index in [-0.39, 0.29) is 0 Å². The van der Waals surface area contributed by atoms with Crippen LogP contribution in [0.2, 0.25) is 0 Å². The van der Waals surface area contributed by atoms with Gasteiger partial charge in [0.2, 0.25) is 0 Å². The molecule has 0 atom stereocenters. The summed E-state index contributed by atoms with van der Waals surface area (Å²) < 4.78 is 17.4. The molecule has 1 heterocycles. The van der Waals surface area contributed by atoms with Gasteiger partial charge in [-0.3, -0.25) is 4.57 Å². The van der Waals surface area contributed by atoms with E-state index in [1.807, 2.05) is 133 Å². The Morgan fingerprint density at radius 1 is 0.576 bits per heavy atom. The molecule has 0 amide bonds. The number of imidazole rings is 1. The Morgan fingerprint density at radius 2 is 1.00 bits per heavy atom. The smallest absolute Gasteiger partial charge is 0.288 e. The van der Waals surface area contributed by atoms with Crippen molar-refractivity contribution in [2.45, 2.75) is 5.54 Å². The minimum absolute atomic E-state index is 0.542. The van der Waals surface area contributed by atoms with Gasteiger partial charge in [0, 0.05) is 6.20 Å². The standard InChI is InChI=1S/C30H23FN2/c31-29-32-28(22-21-24-13-5-1-6-14-24)23-33(29)30(25-15-7-2-8-16-25,26-17-9-3-10-18-26)27-19-11-4-12-20-27/h1-23H/b22-21+. The highest BCUT2D eigenvalue weighted by atomic mass is 19.1. The molecule has 3 heteroatoms. The molecule has 0 radical (unpaired) electrons. The van der Waals surface area contributed by atoms with Gasteiger partial charge in [0.25, 0.3) is 6.08 Å². The Morgan fingerprint density at radius 3 is 1.45 bits per heavy atom. The number of aromatic nitrogens is 2. The zero-order valence-electron chi connectivity index (χ0n) is 18.1. The molecule has 0 fully saturated rings. The molecule has 2 nitrogen and oxygen atoms in total. The minimum atomic E-state index is -0.917. The lowest BCUT2D eigenvalue weighted by atomic mass is 9.76. The van der Waals surface area contributed by atoms with Crippen molar-refractivity contribution in [3.8, 4) is 0 Å². The molecule has 5 aromatic rings. The first-order chi connectivity index (χ1) is 16.3. The summed E-state index contributed by atoms with van der Waals surface area (Å²) in [4.78, 5) is 4.28. The van der Waals surface area contributed by atoms with Crippen LogP contribution in [0.3, 0.4) is 0 Å². The number of halogens is 1. The largest absolute Gasteiger partial charge is 0.291 e. The van der Waals surface area contributed by atoms with Gasteiger partial charge in [-0.15, -0.1) is 0 Å². The van der Waals surface area contributed by atoms with Crippen LogP contribution in [-0.4, -0.2) is 9.55 Å². The van der Waals surface area contributed by atoms with Gasteiger partial charge in [0.1, 0.15) is 5.54 Å². The maximum atomic E-state index is 15.7. The molecular weight excluding hydrogens is 407 g/mol. The van der Waals surface area contributed by atoms with Crippen molar-refractivity contribution in [1.29, 1.82) is 0 Å². The lowest BCUT2D eigenvalue weighted by molar-refractivity contribution is 0.397. The highest BCUT2D eigenvalue weighted by molar-refractivity contribution is 5.68. The molecule has 1 aromatic heterocycles. The van der Waals surface area contributed by atoms with Crippen LogP contribution in [0.25, 0.3) is 12.2 Å². The molecule has 5 rings (SSSR count). The third-order valence-electron chi connectivity index (χ3n) is 5.86. The summed E-state index contributed by atoms with van der Waals surface area (Å²) in [6.45, 7) is 0. The summed E-state index contributed by atoms with van der Waals surface area (Å²) >= 11 is 0. The second kappa shape index (κ2) is 9.09. The fourth-order valence-corrected chi connectivity index (χ4v) is 4.39. The van der Waals surface area contributed by atoms with Crippen LogP contribution in [0.1, 0.15) is 27.9 Å². The minimum Gasteiger partial charge on any atom is -0.288 e. The number of rotatable bonds is 6. The lowest BCUT2D eigenvalue weighted by Gasteiger charge is -2.37. The zero-order chi connectivity index (χ0) is 22.5. The van der Waals surface area contributed by atoms with Gasteiger partial charge in [-0.25, -0.2) is 4.98 Å². The van der Waals surface area contributed by atoms with E-state index in [0.29, 0.717) is 5.69 Å². The van der Waals surface area contributed by atoms with Gasteiger partial charge >= 0.3 is 0 Å². The predicted octanol–water partition coefficient (Wildman–Crippen LogP) is 7.03. The van der Waals surface area contributed by atoms with E-state index in [4.69, 9.17) is 0 Å². The Balaban J connectivity index is 1.75. The van der Waals surface area contributed by atoms with Gasteiger partial charge in [-0.05, 0) is 28.3 Å². The SMILES string of the molecule is Fc1nc(/C=C/c2ccccc2)cn1C(c1ccccc1)(c1ccccc1)c1ccccc1. The molecule has 0 unspecified atom stereocenters. The number of nitrogens with zero attached hydrogens (tertiary/aromatic N) is 2. The van der Waals surface area contributed by atoms with Crippen molar-refractivity contribution >= 4 is 12.2 Å². The van der Waals surface area contributed by atoms with E-state index < -0.39 is 11.6 Å². The molecule has 0 aliphatic carbocycles. The van der Waals surface area contributed by atoms with Crippen LogP contribution < -0.4 is 0 Å². The van der Waals surface area contributed by atoms with E-state index in [9.17, 15) is 0 Å². The topological polar surface area (TPSA) is 17.8 Å². The highest BCUT2D eigenvalue weighted by Gasteiger charge is 2.40. The fourth-order valence-electron chi connectivity index (χ4n) is 4.39. The van der Waals surface area contributed by atoms with Gasteiger partial charge in [-0.2, -0.15) is 4.39 Å². The van der Waals surface area contributed by atoms with E-state index in [1.165, 1.54) is 0 Å². The van der Waals surface area contributed by atoms with Gasteiger partial charge in [0.05, 0.1) is 5.69 Å². The summed E-state index contributed by atoms with van der Waals surface area (Å²) in [6.07, 6.45) is 5.04. The van der Waals surface area contributed by atoms with Crippen LogP contribution in [0.4, 0.5) is 4.39 Å². The summed E-state index contributed by atoms with van der Waals surface area (Å²) in [5.41, 5.74) is 3.54. The molecule has 4 aromatic carbocycles. The molecule has 0 saturated carbocycles. The molecule has 0 aliphatic rings. The Kier molecular flexibility index (Phi) is 5.69. The molecule has 160 valence electrons. The van der Waals surface area contributed by atoms with Crippen LogP contribution in [0.15, 0.2) is 128 Å². The average molecular weight is 431 g/mol. The van der Waals surface area contributed by atoms with Crippen molar-refractivity contribution < 1.29 is 4.39 Å². The van der Waals surface area contributed by atoms with Crippen molar-refractivity contribution in [1.82, 2.24) is 9.55 Å². The molecule has 0 N–H and O–H groups in total. The second-order valence-corrected chi connectivity index (χ2v) is 7.86. The van der Waals surface area contributed by atoms with E-state index in [2.05, 4.69) is 4.98 Å². The van der Waals surface area contributed by atoms with Crippen LogP contribution >= 0.6 is 0 Å². The molecule has 0 aliphatic heterocycles. The molecule has 0 bridgehead atoms. The van der Waals surface area contributed by atoms with Crippen LogP contribution in [-0.2, 0) is 5.54 Å². The number of hydrogen-bond acceptors (Lipinski definition) is 1. The summed E-state index contributed by atoms with van der Waals surface area (Å²) in [5, 5.41) is 0. The second-order valence-electron chi connectivity index (χ2n) is 7.86. The van der Waals surface area contributed by atoms with E-state index in [1.54, 1.807) is 10.8 Å². The van der Waals surface area contributed by atoms with Crippen molar-refractivity contribution in [2.24, 2.45) is 0 Å². The van der Waals surface area contributed by atoms with E-state index >= 15 is 4.39 Å². The third kappa shape index (κ3) is 3.90. The third-order valence-corrected chi connectivity index (χ3v) is 5.86. The Bertz CT molecular complexity index is 1250. The normalized spacial score (nSPS) is 11.7. The van der Waals surface area contributed by atoms with Crippen molar-refractivity contribution in [2.75, 3.05) is 0 Å². The van der Waals surface area contributed by atoms with E-state index in [0.717, 1.165) is 22.3 Å². The number of hydrogen-bond donors (Lipinski definition) is 0. The van der Waals surface area contributed by atoms with Crippen molar-refractivity contribution in [3.63, 3.8) is 0 Å². The summed E-state index contributed by atoms with van der Waals surface area (Å²) in [7, 11) is 0. The summed E-state index contributed by atoms with van der Waals surface area (Å²) in [5.74, 6) is 0. The Hall–Kier alpha value is -4.24. The maximum absolute atomic E-state index is 15.7. The van der Waals surface area contributed by atoms with Gasteiger partial charge < -0.3 is 0 Å². The first-order valence-corrected chi connectivity index (χ1v) is 10.9. The van der Waals surface area contributed by atoms with Crippen molar-refractivity contribution in [3.05, 3.63) is 162 Å². The fraction of sp³-hybridized carbons (Fsp3) is 0.0333. The lowest BCUT2D eigenvalue weighted by Crippen LogP contribution is -2.38. The maximum Gasteiger partial charge on any atom is 0.291 e. The monoisotopic (exact) mass is 430 g/mol. The molecule has 0 spiro atoms. The molecular formula is C30H23FN2. The number of benzene rings is 4. The first-order valence-electron chi connectivity index (χ1n) is 10.9.